The average Bonchev–Trinajstić information content (AvgIpc) is 2.21. The first kappa shape index (κ1) is 16.4. The van der Waals surface area contributed by atoms with Crippen LogP contribution in [0.15, 0.2) is 0 Å². The van der Waals surface area contributed by atoms with Crippen molar-refractivity contribution in [1.82, 2.24) is 4.90 Å². The largest absolute Gasteiger partial charge is 0.301 e. The molecule has 0 saturated heterocycles. The Bertz CT molecular complexity index is 106. The van der Waals surface area contributed by atoms with E-state index in [1.807, 2.05) is 27.7 Å². The van der Waals surface area contributed by atoms with Gasteiger partial charge in [-0.2, -0.15) is 0 Å². The quantitative estimate of drug-likeness (QED) is 0.657. The lowest BCUT2D eigenvalue weighted by molar-refractivity contribution is 0.0564. The van der Waals surface area contributed by atoms with Crippen molar-refractivity contribution in [2.75, 3.05) is 13.6 Å². The van der Waals surface area contributed by atoms with E-state index in [-0.39, 0.29) is 0 Å². The Balaban J connectivity index is 0. The van der Waals surface area contributed by atoms with E-state index < -0.39 is 0 Å². The maximum atomic E-state index is 2.51. The van der Waals surface area contributed by atoms with Crippen molar-refractivity contribution >= 4 is 0 Å². The van der Waals surface area contributed by atoms with Crippen LogP contribution in [0.25, 0.3) is 0 Å². The second-order valence-corrected chi connectivity index (χ2v) is 3.77. The second-order valence-electron chi connectivity index (χ2n) is 3.77. The van der Waals surface area contributed by atoms with E-state index in [4.69, 9.17) is 0 Å². The molecule has 0 aromatic heterocycles. The van der Waals surface area contributed by atoms with Gasteiger partial charge in [0.25, 0.3) is 0 Å². The molecular formula is C13H31N. The molecule has 0 unspecified atom stereocenters. The fourth-order valence-corrected chi connectivity index (χ4v) is 1.68. The topological polar surface area (TPSA) is 3.24 Å². The van der Waals surface area contributed by atoms with Gasteiger partial charge >= 0.3 is 0 Å². The predicted octanol–water partition coefficient (Wildman–Crippen LogP) is 4.32. The van der Waals surface area contributed by atoms with Crippen LogP contribution in [0.3, 0.4) is 0 Å². The van der Waals surface area contributed by atoms with Gasteiger partial charge in [0, 0.05) is 5.54 Å². The molecule has 0 radical (unpaired) electrons. The molecule has 1 heteroatoms. The van der Waals surface area contributed by atoms with Gasteiger partial charge in [0.1, 0.15) is 0 Å². The third kappa shape index (κ3) is 4.99. The molecule has 0 N–H and O–H groups in total. The summed E-state index contributed by atoms with van der Waals surface area (Å²) in [7, 11) is 2.25. The predicted molar refractivity (Wildman–Crippen MR) is 67.9 cm³/mol. The van der Waals surface area contributed by atoms with Crippen LogP contribution in [-0.2, 0) is 0 Å². The minimum atomic E-state index is 0.565. The summed E-state index contributed by atoms with van der Waals surface area (Å²) in [6.45, 7) is 13.9. The average molecular weight is 201 g/mol. The van der Waals surface area contributed by atoms with Crippen LogP contribution in [-0.4, -0.2) is 24.0 Å². The number of rotatable bonds is 3. The van der Waals surface area contributed by atoms with Gasteiger partial charge in [-0.1, -0.05) is 34.6 Å². The number of hydrogen-bond acceptors (Lipinski definition) is 1. The molecule has 0 spiro atoms. The van der Waals surface area contributed by atoms with Crippen LogP contribution in [0.5, 0.6) is 0 Å². The van der Waals surface area contributed by atoms with E-state index in [0.29, 0.717) is 5.54 Å². The first-order valence-electron chi connectivity index (χ1n) is 6.40. The highest BCUT2D eigenvalue weighted by molar-refractivity contribution is 4.92. The highest BCUT2D eigenvalue weighted by Crippen LogP contribution is 2.35. The summed E-state index contributed by atoms with van der Waals surface area (Å²) in [4.78, 5) is 2.51. The Kier molecular flexibility index (Phi) is 11.1. The minimum absolute atomic E-state index is 0.565. The van der Waals surface area contributed by atoms with Crippen molar-refractivity contribution < 1.29 is 0 Å². The molecule has 0 aromatic rings. The molecule has 1 saturated carbocycles. The highest BCUT2D eigenvalue weighted by Gasteiger charge is 2.34. The van der Waals surface area contributed by atoms with Gasteiger partial charge < -0.3 is 4.90 Å². The summed E-state index contributed by atoms with van der Waals surface area (Å²) in [6, 6.07) is 0. The zero-order valence-electron chi connectivity index (χ0n) is 11.5. The fraction of sp³-hybridized carbons (Fsp3) is 1.00. The summed E-state index contributed by atoms with van der Waals surface area (Å²) in [5.74, 6) is 0. The van der Waals surface area contributed by atoms with Crippen molar-refractivity contribution in [3.05, 3.63) is 0 Å². The lowest BCUT2D eigenvalue weighted by Crippen LogP contribution is -2.49. The fourth-order valence-electron chi connectivity index (χ4n) is 1.68. The number of nitrogens with zero attached hydrogens (tertiary/aromatic N) is 1. The van der Waals surface area contributed by atoms with Gasteiger partial charge in [0.2, 0.25) is 0 Å². The molecule has 1 fully saturated rings. The molecule has 1 nitrogen and oxygen atoms in total. The van der Waals surface area contributed by atoms with E-state index in [1.54, 1.807) is 0 Å². The summed E-state index contributed by atoms with van der Waals surface area (Å²) in [6.07, 6.45) is 5.53. The highest BCUT2D eigenvalue weighted by atomic mass is 15.2. The third-order valence-corrected chi connectivity index (χ3v) is 2.91. The third-order valence-electron chi connectivity index (χ3n) is 2.91. The standard InChI is InChI=1S/C9H19N.2C2H6/c1-4-8-10(3)9(2)6-5-7-9;2*1-2/h4-8H2,1-3H3;2*1-2H3. The molecule has 1 rings (SSSR count). The van der Waals surface area contributed by atoms with Crippen molar-refractivity contribution in [3.63, 3.8) is 0 Å². The summed E-state index contributed by atoms with van der Waals surface area (Å²) in [5, 5.41) is 0. The first-order valence-corrected chi connectivity index (χ1v) is 6.40. The second kappa shape index (κ2) is 9.51. The van der Waals surface area contributed by atoms with Gasteiger partial charge in [-0.05, 0) is 46.2 Å². The molecule has 0 atom stereocenters. The molecule has 14 heavy (non-hydrogen) atoms. The lowest BCUT2D eigenvalue weighted by atomic mass is 9.77. The first-order chi connectivity index (χ1) is 6.69. The van der Waals surface area contributed by atoms with Crippen molar-refractivity contribution in [1.29, 1.82) is 0 Å². The Hall–Kier alpha value is -0.0400. The minimum Gasteiger partial charge on any atom is -0.301 e. The Labute approximate surface area is 91.9 Å². The molecule has 0 aromatic carbocycles. The van der Waals surface area contributed by atoms with Crippen LogP contribution in [0.1, 0.15) is 67.2 Å². The maximum absolute atomic E-state index is 2.51. The van der Waals surface area contributed by atoms with Gasteiger partial charge in [-0.3, -0.25) is 0 Å². The zero-order chi connectivity index (χ0) is 11.6. The lowest BCUT2D eigenvalue weighted by Gasteiger charge is -2.46. The molecule has 0 aliphatic heterocycles. The van der Waals surface area contributed by atoms with E-state index >= 15 is 0 Å². The van der Waals surface area contributed by atoms with Gasteiger partial charge in [-0.15, -0.1) is 0 Å². The van der Waals surface area contributed by atoms with Crippen LogP contribution in [0.4, 0.5) is 0 Å². The van der Waals surface area contributed by atoms with Crippen LogP contribution >= 0.6 is 0 Å². The SMILES string of the molecule is CC.CC.CCCN(C)C1(C)CCC1. The van der Waals surface area contributed by atoms with Crippen molar-refractivity contribution in [2.45, 2.75) is 72.8 Å². The molecule has 88 valence electrons. The Morgan fingerprint density at radius 2 is 1.50 bits per heavy atom. The molecule has 1 aliphatic rings. The molecule has 0 amide bonds. The van der Waals surface area contributed by atoms with E-state index in [9.17, 15) is 0 Å². The molecule has 0 heterocycles. The Morgan fingerprint density at radius 1 is 1.07 bits per heavy atom. The number of hydrogen-bond donors (Lipinski definition) is 0. The van der Waals surface area contributed by atoms with E-state index in [1.165, 1.54) is 32.2 Å². The monoisotopic (exact) mass is 201 g/mol. The Morgan fingerprint density at radius 3 is 1.71 bits per heavy atom. The maximum Gasteiger partial charge on any atom is 0.0178 e. The van der Waals surface area contributed by atoms with Gasteiger partial charge in [0.05, 0.1) is 0 Å². The summed E-state index contributed by atoms with van der Waals surface area (Å²) >= 11 is 0. The molecular weight excluding hydrogens is 170 g/mol. The molecule has 1 aliphatic carbocycles. The van der Waals surface area contributed by atoms with Crippen LogP contribution in [0.2, 0.25) is 0 Å². The van der Waals surface area contributed by atoms with Crippen molar-refractivity contribution in [3.8, 4) is 0 Å². The van der Waals surface area contributed by atoms with Crippen LogP contribution < -0.4 is 0 Å². The molecule has 0 bridgehead atoms. The van der Waals surface area contributed by atoms with Crippen molar-refractivity contribution in [2.24, 2.45) is 0 Å². The summed E-state index contributed by atoms with van der Waals surface area (Å²) < 4.78 is 0. The van der Waals surface area contributed by atoms with Gasteiger partial charge in [-0.25, -0.2) is 0 Å². The summed E-state index contributed by atoms with van der Waals surface area (Å²) in [5.41, 5.74) is 0.565. The smallest absolute Gasteiger partial charge is 0.0178 e. The zero-order valence-corrected chi connectivity index (χ0v) is 11.5. The van der Waals surface area contributed by atoms with Crippen LogP contribution in [0, 0.1) is 0 Å². The normalized spacial score (nSPS) is 17.1. The van der Waals surface area contributed by atoms with Gasteiger partial charge in [0.15, 0.2) is 0 Å². The van der Waals surface area contributed by atoms with E-state index in [0.717, 1.165) is 0 Å². The van der Waals surface area contributed by atoms with E-state index in [2.05, 4.69) is 25.8 Å².